The average Bonchev–Trinajstić information content (AvgIpc) is 3.03. The molecule has 3 aromatic rings. The number of hydrogen-bond acceptors (Lipinski definition) is 4. The molecular weight excluding hydrogens is 390 g/mol. The summed E-state index contributed by atoms with van der Waals surface area (Å²) in [6.45, 7) is 0. The van der Waals surface area contributed by atoms with Crippen LogP contribution in [0.3, 0.4) is 0 Å². The zero-order valence-corrected chi connectivity index (χ0v) is 15.8. The fourth-order valence-electron chi connectivity index (χ4n) is 3.63. The van der Waals surface area contributed by atoms with E-state index in [9.17, 15) is 18.0 Å². The van der Waals surface area contributed by atoms with Crippen molar-refractivity contribution in [3.8, 4) is 0 Å². The van der Waals surface area contributed by atoms with E-state index in [4.69, 9.17) is 0 Å². The number of benzene rings is 3. The van der Waals surface area contributed by atoms with Crippen molar-refractivity contribution in [2.75, 3.05) is 4.90 Å². The monoisotopic (exact) mass is 404 g/mol. The molecule has 1 saturated heterocycles. The topological polar surface area (TPSA) is 86.6 Å². The highest BCUT2D eigenvalue weighted by Gasteiger charge is 2.48. The number of hydrazone groups is 1. The zero-order valence-electron chi connectivity index (χ0n) is 14.9. The summed E-state index contributed by atoms with van der Waals surface area (Å²) in [5.74, 6) is 0. The Labute approximate surface area is 166 Å². The molecule has 0 unspecified atom stereocenters. The smallest absolute Gasteiger partial charge is 0.218 e. The predicted molar refractivity (Wildman–Crippen MR) is 105 cm³/mol. The lowest BCUT2D eigenvalue weighted by Gasteiger charge is -2.20. The molecule has 0 saturated carbocycles. The third-order valence-corrected chi connectivity index (χ3v) is 6.76. The lowest BCUT2D eigenvalue weighted by Crippen LogP contribution is -2.36. The van der Waals surface area contributed by atoms with Crippen LogP contribution in [0.4, 0.5) is 15.3 Å². The molecule has 0 aromatic heterocycles. The van der Waals surface area contributed by atoms with Crippen LogP contribution in [-0.2, 0) is 9.84 Å². The van der Waals surface area contributed by atoms with Gasteiger partial charge in [0, 0.05) is 11.1 Å². The zero-order chi connectivity index (χ0) is 20.2. The van der Waals surface area contributed by atoms with Crippen molar-refractivity contribution < 1.29 is 22.7 Å². The van der Waals surface area contributed by atoms with Crippen LogP contribution < -0.4 is 10.3 Å². The summed E-state index contributed by atoms with van der Waals surface area (Å²) in [6.07, 6.45) is 0. The van der Waals surface area contributed by atoms with Crippen LogP contribution in [0.25, 0.3) is 0 Å². The minimum absolute atomic E-state index is 0.0916. The first-order valence-electron chi connectivity index (χ1n) is 8.81. The molecular formula is C21H14N3O4S+. The van der Waals surface area contributed by atoms with Gasteiger partial charge < -0.3 is 0 Å². The van der Waals surface area contributed by atoms with E-state index in [2.05, 4.69) is 5.43 Å². The second kappa shape index (κ2) is 6.11. The predicted octanol–water partition coefficient (Wildman–Crippen LogP) is 2.95. The molecule has 4 amide bonds. The normalized spacial score (nSPS) is 17.0. The SMILES string of the molecule is O=C1N[N+](=C2c3ccccc3S(=O)(=O)c3ccccc32)C(=O)N1c1ccccc1. The van der Waals surface area contributed by atoms with Crippen molar-refractivity contribution >= 4 is 33.3 Å². The maximum Gasteiger partial charge on any atom is 0.532 e. The quantitative estimate of drug-likeness (QED) is 0.494. The lowest BCUT2D eigenvalue weighted by atomic mass is 10.0. The van der Waals surface area contributed by atoms with Crippen molar-refractivity contribution in [3.05, 3.63) is 90.0 Å². The first kappa shape index (κ1) is 17.3. The number of carbonyl (C=O) groups is 2. The van der Waals surface area contributed by atoms with Gasteiger partial charge in [-0.3, -0.25) is 0 Å². The van der Waals surface area contributed by atoms with Crippen molar-refractivity contribution in [1.82, 2.24) is 5.43 Å². The number of anilines is 1. The van der Waals surface area contributed by atoms with Gasteiger partial charge in [-0.1, -0.05) is 47.1 Å². The van der Waals surface area contributed by atoms with Gasteiger partial charge in [-0.05, 0) is 36.4 Å². The first-order valence-corrected chi connectivity index (χ1v) is 10.3. The Morgan fingerprint density at radius 2 is 1.24 bits per heavy atom. The van der Waals surface area contributed by atoms with Crippen molar-refractivity contribution in [1.29, 1.82) is 0 Å². The van der Waals surface area contributed by atoms with Crippen LogP contribution in [-0.4, -0.2) is 30.9 Å². The Bertz CT molecular complexity index is 1280. The minimum Gasteiger partial charge on any atom is -0.218 e. The van der Waals surface area contributed by atoms with Gasteiger partial charge in [0.05, 0.1) is 9.79 Å². The Balaban J connectivity index is 1.80. The second-order valence-corrected chi connectivity index (χ2v) is 8.44. The van der Waals surface area contributed by atoms with E-state index in [0.717, 1.165) is 9.58 Å². The van der Waals surface area contributed by atoms with E-state index in [1.54, 1.807) is 66.7 Å². The largest absolute Gasteiger partial charge is 0.532 e. The summed E-state index contributed by atoms with van der Waals surface area (Å²) >= 11 is 0. The molecule has 0 atom stereocenters. The molecule has 8 heteroatoms. The van der Waals surface area contributed by atoms with Crippen LogP contribution in [0.1, 0.15) is 11.1 Å². The Kier molecular flexibility index (Phi) is 3.65. The van der Waals surface area contributed by atoms with E-state index in [0.29, 0.717) is 22.5 Å². The van der Waals surface area contributed by atoms with Gasteiger partial charge in [-0.2, -0.15) is 4.79 Å². The third-order valence-electron chi connectivity index (χ3n) is 4.89. The second-order valence-electron chi connectivity index (χ2n) is 6.55. The highest BCUT2D eigenvalue weighted by molar-refractivity contribution is 7.91. The van der Waals surface area contributed by atoms with E-state index in [-0.39, 0.29) is 9.79 Å². The van der Waals surface area contributed by atoms with Gasteiger partial charge in [-0.25, -0.2) is 13.2 Å². The van der Waals surface area contributed by atoms with Crippen LogP contribution in [0.15, 0.2) is 88.7 Å². The van der Waals surface area contributed by atoms with E-state index in [1.807, 2.05) is 0 Å². The van der Waals surface area contributed by atoms with Gasteiger partial charge in [0.15, 0.2) is 5.71 Å². The number of para-hydroxylation sites is 1. The fourth-order valence-corrected chi connectivity index (χ4v) is 5.30. The van der Waals surface area contributed by atoms with Gasteiger partial charge in [0.2, 0.25) is 9.84 Å². The molecule has 5 rings (SSSR count). The number of nitrogens with zero attached hydrogens (tertiary/aromatic N) is 2. The first-order chi connectivity index (χ1) is 14.0. The molecule has 3 aromatic carbocycles. The third kappa shape index (κ3) is 2.43. The maximum atomic E-state index is 13.2. The molecule has 2 aliphatic rings. The summed E-state index contributed by atoms with van der Waals surface area (Å²) in [7, 11) is -3.75. The molecule has 0 bridgehead atoms. The number of imide groups is 1. The Hall–Kier alpha value is -3.78. The number of urea groups is 2. The van der Waals surface area contributed by atoms with Crippen LogP contribution >= 0.6 is 0 Å². The molecule has 7 nitrogen and oxygen atoms in total. The number of carbonyl (C=O) groups excluding carboxylic acids is 2. The Morgan fingerprint density at radius 1 is 0.724 bits per heavy atom. The van der Waals surface area contributed by atoms with E-state index in [1.165, 1.54) is 12.1 Å². The molecule has 1 N–H and O–H groups in total. The highest BCUT2D eigenvalue weighted by atomic mass is 32.2. The minimum atomic E-state index is -3.75. The Morgan fingerprint density at radius 3 is 1.83 bits per heavy atom. The standard InChI is InChI=1S/C21H13N3O4S/c25-20-22-24(21(26)23(20)14-8-2-1-3-9-14)19-15-10-4-6-12-17(15)29(27,28)18-13-7-5-11-16(18)19/h1-13H/p+1. The van der Waals surface area contributed by atoms with Crippen molar-refractivity contribution in [3.63, 3.8) is 0 Å². The summed E-state index contributed by atoms with van der Waals surface area (Å²) in [5, 5.41) is 0. The molecule has 2 aliphatic heterocycles. The fraction of sp³-hybridized carbons (Fsp3) is 0. The molecule has 29 heavy (non-hydrogen) atoms. The summed E-state index contributed by atoms with van der Waals surface area (Å²) in [5.41, 5.74) is 4.02. The molecule has 0 radical (unpaired) electrons. The van der Waals surface area contributed by atoms with E-state index >= 15 is 0 Å². The van der Waals surface area contributed by atoms with E-state index < -0.39 is 21.9 Å². The number of fused-ring (bicyclic) bond motifs is 2. The molecule has 1 fully saturated rings. The van der Waals surface area contributed by atoms with Gasteiger partial charge in [0.1, 0.15) is 5.69 Å². The average molecular weight is 404 g/mol. The van der Waals surface area contributed by atoms with Gasteiger partial charge >= 0.3 is 12.1 Å². The van der Waals surface area contributed by atoms with Crippen molar-refractivity contribution in [2.45, 2.75) is 9.79 Å². The van der Waals surface area contributed by atoms with Crippen LogP contribution in [0, 0.1) is 0 Å². The molecule has 0 aliphatic carbocycles. The maximum absolute atomic E-state index is 13.2. The molecule has 0 spiro atoms. The molecule has 142 valence electrons. The lowest BCUT2D eigenvalue weighted by molar-refractivity contribution is -0.463. The number of sulfone groups is 1. The summed E-state index contributed by atoms with van der Waals surface area (Å²) in [4.78, 5) is 27.0. The molecule has 2 heterocycles. The number of nitrogens with one attached hydrogen (secondary N) is 1. The highest BCUT2D eigenvalue weighted by Crippen LogP contribution is 2.35. The number of rotatable bonds is 1. The number of amides is 4. The van der Waals surface area contributed by atoms with Crippen molar-refractivity contribution in [2.24, 2.45) is 0 Å². The van der Waals surface area contributed by atoms with Gasteiger partial charge in [-0.15, -0.1) is 10.3 Å². The summed E-state index contributed by atoms with van der Waals surface area (Å²) in [6, 6.07) is 20.2. The number of hydrazine groups is 1. The van der Waals surface area contributed by atoms with Gasteiger partial charge in [0.25, 0.3) is 0 Å². The number of hydrogen-bond donors (Lipinski definition) is 1. The van der Waals surface area contributed by atoms with Crippen LogP contribution in [0.5, 0.6) is 0 Å². The summed E-state index contributed by atoms with van der Waals surface area (Å²) < 4.78 is 27.3. The van der Waals surface area contributed by atoms with Crippen LogP contribution in [0.2, 0.25) is 0 Å².